The Labute approximate surface area is 121 Å². The van der Waals surface area contributed by atoms with E-state index >= 15 is 0 Å². The Bertz CT molecular complexity index is 485. The first kappa shape index (κ1) is 21.6. The summed E-state index contributed by atoms with van der Waals surface area (Å²) in [6.07, 6.45) is -10.5. The SMILES string of the molecule is O=P(O)(C(F)(F)C(F)(F)F)C(F)(F)C(F)(F)F.c1ccncc1. The summed E-state index contributed by atoms with van der Waals surface area (Å²) in [4.78, 5) is 11.6. The van der Waals surface area contributed by atoms with Crippen molar-refractivity contribution in [2.24, 2.45) is 0 Å². The molecule has 0 aliphatic rings. The van der Waals surface area contributed by atoms with Crippen LogP contribution in [-0.4, -0.2) is 33.6 Å². The van der Waals surface area contributed by atoms with Crippen molar-refractivity contribution in [1.82, 2.24) is 4.98 Å². The molecule has 0 spiro atoms. The molecule has 0 unspecified atom stereocenters. The molecule has 1 aromatic heterocycles. The molecule has 0 saturated heterocycles. The van der Waals surface area contributed by atoms with E-state index < -0.39 is 31.0 Å². The van der Waals surface area contributed by atoms with Gasteiger partial charge in [0.2, 0.25) is 0 Å². The first-order chi connectivity index (χ1) is 10.0. The molecule has 23 heavy (non-hydrogen) atoms. The quantitative estimate of drug-likeness (QED) is 0.600. The van der Waals surface area contributed by atoms with Crippen molar-refractivity contribution in [3.8, 4) is 0 Å². The van der Waals surface area contributed by atoms with Crippen molar-refractivity contribution < 1.29 is 53.4 Å². The summed E-state index contributed by atoms with van der Waals surface area (Å²) in [6.45, 7) is 0. The Morgan fingerprint density at radius 1 is 0.696 bits per heavy atom. The maximum absolute atomic E-state index is 12.1. The highest BCUT2D eigenvalue weighted by Gasteiger charge is 2.83. The minimum Gasteiger partial charge on any atom is -0.336 e. The monoisotopic (exact) mass is 381 g/mol. The molecule has 0 aliphatic heterocycles. The lowest BCUT2D eigenvalue weighted by atomic mass is 10.5. The Kier molecular flexibility index (Phi) is 6.24. The number of rotatable bonds is 2. The number of alkyl halides is 10. The van der Waals surface area contributed by atoms with Gasteiger partial charge in [-0.15, -0.1) is 0 Å². The van der Waals surface area contributed by atoms with Gasteiger partial charge < -0.3 is 4.89 Å². The van der Waals surface area contributed by atoms with E-state index in [0.29, 0.717) is 0 Å². The van der Waals surface area contributed by atoms with Gasteiger partial charge in [0.15, 0.2) is 0 Å². The molecule has 1 heterocycles. The lowest BCUT2D eigenvalue weighted by Gasteiger charge is -2.30. The molecule has 134 valence electrons. The fourth-order valence-electron chi connectivity index (χ4n) is 0.833. The average Bonchev–Trinajstić information content (AvgIpc) is 2.38. The summed E-state index contributed by atoms with van der Waals surface area (Å²) in [7, 11) is -8.26. The second-order valence-corrected chi connectivity index (χ2v) is 5.95. The van der Waals surface area contributed by atoms with Crippen LogP contribution in [0.2, 0.25) is 0 Å². The molecule has 1 N–H and O–H groups in total. The van der Waals surface area contributed by atoms with E-state index in [0.717, 1.165) is 0 Å². The largest absolute Gasteiger partial charge is 0.463 e. The predicted molar refractivity (Wildman–Crippen MR) is 56.1 cm³/mol. The maximum Gasteiger partial charge on any atom is 0.463 e. The fraction of sp³-hybridized carbons (Fsp3) is 0.444. The number of halogens is 10. The van der Waals surface area contributed by atoms with Crippen LogP contribution in [0.5, 0.6) is 0 Å². The van der Waals surface area contributed by atoms with Crippen LogP contribution in [0, 0.1) is 0 Å². The van der Waals surface area contributed by atoms with Crippen molar-refractivity contribution in [3.63, 3.8) is 0 Å². The van der Waals surface area contributed by atoms with E-state index in [1.807, 2.05) is 18.2 Å². The Balaban J connectivity index is 0.000000664. The van der Waals surface area contributed by atoms with Crippen LogP contribution in [0.25, 0.3) is 0 Å². The molecule has 0 atom stereocenters. The normalized spacial score (nSPS) is 14.0. The summed E-state index contributed by atoms with van der Waals surface area (Å²) >= 11 is 0. The zero-order valence-corrected chi connectivity index (χ0v) is 11.3. The third-order valence-electron chi connectivity index (χ3n) is 2.01. The summed E-state index contributed by atoms with van der Waals surface area (Å²) in [5, 5.41) is 0. The molecule has 0 aromatic carbocycles. The number of hydrogen-bond acceptors (Lipinski definition) is 2. The maximum atomic E-state index is 12.1. The Hall–Kier alpha value is -1.36. The van der Waals surface area contributed by atoms with Crippen LogP contribution >= 0.6 is 7.37 Å². The minimum atomic E-state index is -8.26. The van der Waals surface area contributed by atoms with Gasteiger partial charge in [0.05, 0.1) is 0 Å². The molecule has 0 saturated carbocycles. The van der Waals surface area contributed by atoms with Gasteiger partial charge in [-0.2, -0.15) is 43.9 Å². The van der Waals surface area contributed by atoms with Gasteiger partial charge in [0, 0.05) is 12.4 Å². The molecule has 0 amide bonds. The van der Waals surface area contributed by atoms with E-state index in [9.17, 15) is 48.5 Å². The van der Waals surface area contributed by atoms with Crippen molar-refractivity contribution in [2.75, 3.05) is 0 Å². The molecular formula is C9H6F10NO2P. The number of aromatic nitrogens is 1. The minimum absolute atomic E-state index is 1.75. The topological polar surface area (TPSA) is 50.2 Å². The number of pyridine rings is 1. The number of hydrogen-bond donors (Lipinski definition) is 1. The predicted octanol–water partition coefficient (Wildman–Crippen LogP) is 4.65. The van der Waals surface area contributed by atoms with E-state index in [4.69, 9.17) is 4.89 Å². The zero-order valence-electron chi connectivity index (χ0n) is 10.4. The smallest absolute Gasteiger partial charge is 0.336 e. The Morgan fingerprint density at radius 3 is 1.13 bits per heavy atom. The van der Waals surface area contributed by atoms with Crippen LogP contribution in [-0.2, 0) is 4.57 Å². The highest BCUT2D eigenvalue weighted by atomic mass is 31.2. The summed E-state index contributed by atoms with van der Waals surface area (Å²) in [5.74, 6) is 0. The van der Waals surface area contributed by atoms with E-state index in [1.165, 1.54) is 0 Å². The summed E-state index contributed by atoms with van der Waals surface area (Å²) in [5.41, 5.74) is -14.2. The van der Waals surface area contributed by atoms with Gasteiger partial charge in [-0.05, 0) is 12.1 Å². The van der Waals surface area contributed by atoms with Crippen LogP contribution < -0.4 is 0 Å². The number of nitrogens with zero attached hydrogens (tertiary/aromatic N) is 1. The summed E-state index contributed by atoms with van der Waals surface area (Å²) < 4.78 is 127. The Morgan fingerprint density at radius 2 is 1.00 bits per heavy atom. The highest BCUT2D eigenvalue weighted by Crippen LogP contribution is 2.74. The average molecular weight is 381 g/mol. The van der Waals surface area contributed by atoms with Gasteiger partial charge in [-0.1, -0.05) is 6.07 Å². The highest BCUT2D eigenvalue weighted by molar-refractivity contribution is 7.60. The summed E-state index contributed by atoms with van der Waals surface area (Å²) in [6, 6.07) is 5.72. The van der Waals surface area contributed by atoms with Crippen molar-refractivity contribution in [1.29, 1.82) is 0 Å². The molecule has 1 aromatic rings. The van der Waals surface area contributed by atoms with Gasteiger partial charge in [0.1, 0.15) is 0 Å². The molecule has 0 radical (unpaired) electrons. The van der Waals surface area contributed by atoms with Gasteiger partial charge in [-0.25, -0.2) is 0 Å². The molecule has 0 fully saturated rings. The van der Waals surface area contributed by atoms with Crippen LogP contribution in [0.4, 0.5) is 43.9 Å². The van der Waals surface area contributed by atoms with E-state index in [2.05, 4.69) is 4.98 Å². The standard InChI is InChI=1S/C5H5N.C4HF10O2P/c1-2-4-6-5-3-1;5-1(6,7)3(11,12)17(15,16)4(13,14)2(8,9)10/h1-5H;(H,15,16). The molecular weight excluding hydrogens is 375 g/mol. The van der Waals surface area contributed by atoms with Crippen molar-refractivity contribution >= 4 is 7.37 Å². The second-order valence-electron chi connectivity index (χ2n) is 3.68. The van der Waals surface area contributed by atoms with Crippen LogP contribution in [0.3, 0.4) is 0 Å². The third kappa shape index (κ3) is 4.34. The molecule has 14 heteroatoms. The van der Waals surface area contributed by atoms with E-state index in [-0.39, 0.29) is 0 Å². The third-order valence-corrected chi connectivity index (χ3v) is 4.04. The molecule has 0 bridgehead atoms. The molecule has 0 aliphatic carbocycles. The van der Waals surface area contributed by atoms with Crippen molar-refractivity contribution in [2.45, 2.75) is 23.7 Å². The molecule has 3 nitrogen and oxygen atoms in total. The first-order valence-electron chi connectivity index (χ1n) is 5.07. The molecule has 1 rings (SSSR count). The lowest BCUT2D eigenvalue weighted by Crippen LogP contribution is -2.47. The van der Waals surface area contributed by atoms with Gasteiger partial charge in [0.25, 0.3) is 0 Å². The van der Waals surface area contributed by atoms with Crippen molar-refractivity contribution in [3.05, 3.63) is 30.6 Å². The lowest BCUT2D eigenvalue weighted by molar-refractivity contribution is -0.270. The van der Waals surface area contributed by atoms with E-state index in [1.54, 1.807) is 12.4 Å². The van der Waals surface area contributed by atoms with Crippen LogP contribution in [0.1, 0.15) is 0 Å². The first-order valence-corrected chi connectivity index (χ1v) is 6.73. The van der Waals surface area contributed by atoms with Gasteiger partial charge in [-0.3, -0.25) is 9.55 Å². The van der Waals surface area contributed by atoms with Gasteiger partial charge >= 0.3 is 31.0 Å². The fourth-order valence-corrected chi connectivity index (χ4v) is 1.87. The van der Waals surface area contributed by atoms with Crippen LogP contribution in [0.15, 0.2) is 30.6 Å². The second kappa shape index (κ2) is 6.63. The zero-order chi connectivity index (χ0) is 18.7.